The van der Waals surface area contributed by atoms with Gasteiger partial charge in [-0.1, -0.05) is 19.9 Å². The Bertz CT molecular complexity index is 407. The molecule has 0 radical (unpaired) electrons. The molecule has 1 aromatic rings. The van der Waals surface area contributed by atoms with E-state index in [-0.39, 0.29) is 5.82 Å². The second kappa shape index (κ2) is 6.76. The van der Waals surface area contributed by atoms with E-state index in [1.807, 2.05) is 24.9 Å². The molecule has 19 heavy (non-hydrogen) atoms. The van der Waals surface area contributed by atoms with Crippen LogP contribution in [-0.2, 0) is 0 Å². The van der Waals surface area contributed by atoms with Crippen molar-refractivity contribution >= 4 is 11.8 Å². The first-order chi connectivity index (χ1) is 9.10. The Labute approximate surface area is 120 Å². The summed E-state index contributed by atoms with van der Waals surface area (Å²) in [6.07, 6.45) is 3.76. The Hall–Kier alpha value is -0.540. The lowest BCUT2D eigenvalue weighted by Gasteiger charge is -2.37. The molecule has 0 amide bonds. The average molecular weight is 281 g/mol. The Kier molecular flexibility index (Phi) is 5.28. The van der Waals surface area contributed by atoms with E-state index in [9.17, 15) is 4.39 Å². The Morgan fingerprint density at radius 3 is 2.74 bits per heavy atom. The van der Waals surface area contributed by atoms with E-state index in [2.05, 4.69) is 19.2 Å². The van der Waals surface area contributed by atoms with Gasteiger partial charge in [-0.3, -0.25) is 0 Å². The third-order valence-electron chi connectivity index (χ3n) is 4.23. The summed E-state index contributed by atoms with van der Waals surface area (Å²) in [5, 5.41) is 3.98. The van der Waals surface area contributed by atoms with Gasteiger partial charge in [-0.25, -0.2) is 4.39 Å². The highest BCUT2D eigenvalue weighted by atomic mass is 32.2. The Balaban J connectivity index is 2.06. The maximum atomic E-state index is 13.3. The fraction of sp³-hybridized carbons (Fsp3) is 0.625. The van der Waals surface area contributed by atoms with E-state index in [0.717, 1.165) is 16.7 Å². The summed E-state index contributed by atoms with van der Waals surface area (Å²) in [4.78, 5) is 1.05. The largest absolute Gasteiger partial charge is 0.316 e. The minimum absolute atomic E-state index is 0.137. The molecule has 1 aliphatic carbocycles. The summed E-state index contributed by atoms with van der Waals surface area (Å²) in [5.41, 5.74) is 0. The van der Waals surface area contributed by atoms with Gasteiger partial charge >= 0.3 is 0 Å². The van der Waals surface area contributed by atoms with Crippen molar-refractivity contribution in [2.45, 2.75) is 49.3 Å². The van der Waals surface area contributed by atoms with Crippen molar-refractivity contribution in [3.8, 4) is 0 Å². The molecular weight excluding hydrogens is 257 g/mol. The summed E-state index contributed by atoms with van der Waals surface area (Å²) in [6.45, 7) is 4.63. The highest BCUT2D eigenvalue weighted by Gasteiger charge is 2.31. The highest BCUT2D eigenvalue weighted by Crippen LogP contribution is 2.39. The predicted molar refractivity (Wildman–Crippen MR) is 81.1 cm³/mol. The second-order valence-corrected chi connectivity index (χ2v) is 7.14. The summed E-state index contributed by atoms with van der Waals surface area (Å²) >= 11 is 1.83. The summed E-state index contributed by atoms with van der Waals surface area (Å²) < 4.78 is 13.3. The zero-order valence-electron chi connectivity index (χ0n) is 12.0. The van der Waals surface area contributed by atoms with E-state index in [1.165, 1.54) is 25.3 Å². The number of hydrogen-bond donors (Lipinski definition) is 1. The summed E-state index contributed by atoms with van der Waals surface area (Å²) in [7, 11) is 2.04. The van der Waals surface area contributed by atoms with Gasteiger partial charge in [-0.05, 0) is 56.3 Å². The van der Waals surface area contributed by atoms with Crippen LogP contribution in [0.5, 0.6) is 0 Å². The minimum atomic E-state index is -0.137. The van der Waals surface area contributed by atoms with Crippen LogP contribution in [0.15, 0.2) is 29.2 Å². The van der Waals surface area contributed by atoms with Gasteiger partial charge in [0.15, 0.2) is 0 Å². The van der Waals surface area contributed by atoms with E-state index < -0.39 is 0 Å². The van der Waals surface area contributed by atoms with Crippen molar-refractivity contribution in [2.24, 2.45) is 11.8 Å². The molecule has 3 atom stereocenters. The van der Waals surface area contributed by atoms with Gasteiger partial charge in [-0.15, -0.1) is 11.8 Å². The van der Waals surface area contributed by atoms with Crippen LogP contribution in [0, 0.1) is 17.7 Å². The lowest BCUT2D eigenvalue weighted by molar-refractivity contribution is 0.251. The SMILES string of the molecule is CNC1CCC(C(C)C)CC1Sc1cccc(F)c1. The van der Waals surface area contributed by atoms with Crippen LogP contribution in [0.3, 0.4) is 0 Å². The van der Waals surface area contributed by atoms with Crippen molar-refractivity contribution < 1.29 is 4.39 Å². The maximum absolute atomic E-state index is 13.3. The second-order valence-electron chi connectivity index (χ2n) is 5.83. The van der Waals surface area contributed by atoms with Gasteiger partial charge in [0.1, 0.15) is 5.82 Å². The molecule has 1 aliphatic rings. The smallest absolute Gasteiger partial charge is 0.124 e. The van der Waals surface area contributed by atoms with Crippen molar-refractivity contribution in [3.05, 3.63) is 30.1 Å². The van der Waals surface area contributed by atoms with Crippen LogP contribution in [0.1, 0.15) is 33.1 Å². The van der Waals surface area contributed by atoms with E-state index in [1.54, 1.807) is 12.1 Å². The molecule has 0 bridgehead atoms. The molecule has 0 aromatic heterocycles. The lowest BCUT2D eigenvalue weighted by atomic mass is 9.79. The third kappa shape index (κ3) is 3.96. The number of benzene rings is 1. The normalized spacial score (nSPS) is 27.7. The Morgan fingerprint density at radius 2 is 2.11 bits per heavy atom. The van der Waals surface area contributed by atoms with Gasteiger partial charge in [-0.2, -0.15) is 0 Å². The molecule has 0 aliphatic heterocycles. The van der Waals surface area contributed by atoms with Gasteiger partial charge in [0, 0.05) is 16.2 Å². The average Bonchev–Trinajstić information content (AvgIpc) is 2.38. The van der Waals surface area contributed by atoms with Crippen LogP contribution in [0.2, 0.25) is 0 Å². The molecule has 1 N–H and O–H groups in total. The molecule has 3 heteroatoms. The van der Waals surface area contributed by atoms with Crippen molar-refractivity contribution in [2.75, 3.05) is 7.05 Å². The number of nitrogens with one attached hydrogen (secondary N) is 1. The van der Waals surface area contributed by atoms with Gasteiger partial charge < -0.3 is 5.32 Å². The molecule has 1 fully saturated rings. The third-order valence-corrected chi connectivity index (χ3v) is 5.58. The summed E-state index contributed by atoms with van der Waals surface area (Å²) in [6, 6.07) is 7.52. The van der Waals surface area contributed by atoms with E-state index >= 15 is 0 Å². The molecule has 3 unspecified atom stereocenters. The summed E-state index contributed by atoms with van der Waals surface area (Å²) in [5.74, 6) is 1.41. The highest BCUT2D eigenvalue weighted by molar-refractivity contribution is 8.00. The van der Waals surface area contributed by atoms with Gasteiger partial charge in [0.2, 0.25) is 0 Å². The van der Waals surface area contributed by atoms with Gasteiger partial charge in [0.05, 0.1) is 0 Å². The molecule has 0 spiro atoms. The fourth-order valence-corrected chi connectivity index (χ4v) is 4.41. The minimum Gasteiger partial charge on any atom is -0.316 e. The fourth-order valence-electron chi connectivity index (χ4n) is 2.94. The molecule has 1 saturated carbocycles. The van der Waals surface area contributed by atoms with Crippen LogP contribution >= 0.6 is 11.8 Å². The quantitative estimate of drug-likeness (QED) is 0.881. The molecule has 1 nitrogen and oxygen atoms in total. The first kappa shape index (κ1) is 14.9. The molecule has 0 saturated heterocycles. The molecular formula is C16H24FNS. The number of hydrogen-bond acceptors (Lipinski definition) is 2. The zero-order chi connectivity index (χ0) is 13.8. The van der Waals surface area contributed by atoms with Crippen molar-refractivity contribution in [1.29, 1.82) is 0 Å². The first-order valence-electron chi connectivity index (χ1n) is 7.19. The van der Waals surface area contributed by atoms with E-state index in [0.29, 0.717) is 11.3 Å². The number of halogens is 1. The zero-order valence-corrected chi connectivity index (χ0v) is 12.8. The maximum Gasteiger partial charge on any atom is 0.124 e. The Morgan fingerprint density at radius 1 is 1.32 bits per heavy atom. The van der Waals surface area contributed by atoms with Crippen molar-refractivity contribution in [1.82, 2.24) is 5.32 Å². The van der Waals surface area contributed by atoms with Crippen LogP contribution < -0.4 is 5.32 Å². The molecule has 1 aromatic carbocycles. The van der Waals surface area contributed by atoms with Gasteiger partial charge in [0.25, 0.3) is 0 Å². The van der Waals surface area contributed by atoms with Crippen LogP contribution in [0.4, 0.5) is 4.39 Å². The standard InChI is InChI=1S/C16H24FNS/c1-11(2)12-7-8-15(18-3)16(9-12)19-14-6-4-5-13(17)10-14/h4-6,10-12,15-16,18H,7-9H2,1-3H3. The molecule has 106 valence electrons. The lowest BCUT2D eigenvalue weighted by Crippen LogP contribution is -2.41. The predicted octanol–water partition coefficient (Wildman–Crippen LogP) is 4.33. The van der Waals surface area contributed by atoms with Crippen LogP contribution in [0.25, 0.3) is 0 Å². The van der Waals surface area contributed by atoms with Crippen LogP contribution in [-0.4, -0.2) is 18.3 Å². The number of rotatable bonds is 4. The monoisotopic (exact) mass is 281 g/mol. The molecule has 2 rings (SSSR count). The van der Waals surface area contributed by atoms with Crippen molar-refractivity contribution in [3.63, 3.8) is 0 Å². The number of thioether (sulfide) groups is 1. The first-order valence-corrected chi connectivity index (χ1v) is 8.07. The molecule has 0 heterocycles. The van der Waals surface area contributed by atoms with E-state index in [4.69, 9.17) is 0 Å². The topological polar surface area (TPSA) is 12.0 Å².